The summed E-state index contributed by atoms with van der Waals surface area (Å²) in [4.78, 5) is 11.6. The average Bonchev–Trinajstić information content (AvgIpc) is 2.42. The summed E-state index contributed by atoms with van der Waals surface area (Å²) in [6.07, 6.45) is 1.13. The molecule has 100 valence electrons. The molecule has 0 spiro atoms. The molecule has 0 aliphatic rings. The molecule has 0 radical (unpaired) electrons. The first-order chi connectivity index (χ1) is 8.63. The lowest BCUT2D eigenvalue weighted by Crippen LogP contribution is -2.31. The van der Waals surface area contributed by atoms with Crippen LogP contribution in [0.15, 0.2) is 30.3 Å². The number of methoxy groups -OCH3 is 1. The van der Waals surface area contributed by atoms with Gasteiger partial charge in [-0.05, 0) is 18.9 Å². The van der Waals surface area contributed by atoms with Crippen molar-refractivity contribution in [1.29, 1.82) is 0 Å². The lowest BCUT2D eigenvalue weighted by atomic mass is 10.0. The van der Waals surface area contributed by atoms with Gasteiger partial charge in [0.1, 0.15) is 0 Å². The van der Waals surface area contributed by atoms with Gasteiger partial charge >= 0.3 is 0 Å². The molecule has 0 bridgehead atoms. The molecule has 1 amide bonds. The van der Waals surface area contributed by atoms with E-state index in [-0.39, 0.29) is 18.1 Å². The zero-order valence-electron chi connectivity index (χ0n) is 11.1. The Balaban J connectivity index is 2.26. The van der Waals surface area contributed by atoms with Gasteiger partial charge in [0, 0.05) is 26.1 Å². The maximum absolute atomic E-state index is 11.6. The molecule has 3 N–H and O–H groups in total. The number of benzene rings is 1. The van der Waals surface area contributed by atoms with Gasteiger partial charge in [0.2, 0.25) is 5.91 Å². The van der Waals surface area contributed by atoms with Crippen molar-refractivity contribution in [2.24, 2.45) is 5.73 Å². The minimum Gasteiger partial charge on any atom is -0.380 e. The van der Waals surface area contributed by atoms with Crippen molar-refractivity contribution < 1.29 is 9.53 Å². The Morgan fingerprint density at radius 2 is 2.06 bits per heavy atom. The van der Waals surface area contributed by atoms with E-state index < -0.39 is 0 Å². The molecule has 4 nitrogen and oxygen atoms in total. The Kier molecular flexibility index (Phi) is 6.39. The first-order valence-corrected chi connectivity index (χ1v) is 6.23. The van der Waals surface area contributed by atoms with Crippen molar-refractivity contribution in [3.63, 3.8) is 0 Å². The second-order valence-electron chi connectivity index (χ2n) is 4.41. The largest absolute Gasteiger partial charge is 0.380 e. The smallest absolute Gasteiger partial charge is 0.220 e. The molecular weight excluding hydrogens is 228 g/mol. The van der Waals surface area contributed by atoms with Gasteiger partial charge in [-0.1, -0.05) is 30.3 Å². The maximum Gasteiger partial charge on any atom is 0.220 e. The first kappa shape index (κ1) is 14.7. The van der Waals surface area contributed by atoms with Crippen LogP contribution in [0.2, 0.25) is 0 Å². The fraction of sp³-hybridized carbons (Fsp3) is 0.500. The van der Waals surface area contributed by atoms with Crippen LogP contribution in [0.5, 0.6) is 0 Å². The quantitative estimate of drug-likeness (QED) is 0.773. The molecule has 18 heavy (non-hydrogen) atoms. The molecule has 1 rings (SSSR count). The summed E-state index contributed by atoms with van der Waals surface area (Å²) in [5, 5.41) is 2.82. The molecule has 0 aliphatic heterocycles. The number of nitrogens with two attached hydrogens (primary N) is 1. The van der Waals surface area contributed by atoms with E-state index in [0.29, 0.717) is 19.4 Å². The van der Waals surface area contributed by atoms with Crippen molar-refractivity contribution in [1.82, 2.24) is 5.32 Å². The van der Waals surface area contributed by atoms with E-state index >= 15 is 0 Å². The van der Waals surface area contributed by atoms with Gasteiger partial charge in [-0.15, -0.1) is 0 Å². The fourth-order valence-corrected chi connectivity index (χ4v) is 1.58. The third-order valence-corrected chi connectivity index (χ3v) is 2.90. The number of rotatable bonds is 7. The van der Waals surface area contributed by atoms with Crippen molar-refractivity contribution in [2.45, 2.75) is 31.9 Å². The number of carbonyl (C=O) groups excluding carboxylic acids is 1. The highest BCUT2D eigenvalue weighted by Gasteiger charge is 2.09. The van der Waals surface area contributed by atoms with Gasteiger partial charge in [-0.3, -0.25) is 4.79 Å². The molecule has 0 heterocycles. The van der Waals surface area contributed by atoms with E-state index in [1.807, 2.05) is 37.3 Å². The minimum atomic E-state index is -0.0863. The summed E-state index contributed by atoms with van der Waals surface area (Å²) < 4.78 is 5.06. The van der Waals surface area contributed by atoms with Gasteiger partial charge < -0.3 is 15.8 Å². The third-order valence-electron chi connectivity index (χ3n) is 2.90. The summed E-state index contributed by atoms with van der Waals surface area (Å²) in [7, 11) is 1.63. The predicted octanol–water partition coefficient (Wildman–Crippen LogP) is 1.62. The van der Waals surface area contributed by atoms with Crippen LogP contribution in [-0.2, 0) is 9.53 Å². The van der Waals surface area contributed by atoms with Crippen LogP contribution in [0, 0.1) is 0 Å². The van der Waals surface area contributed by atoms with Gasteiger partial charge in [0.05, 0.1) is 6.10 Å². The van der Waals surface area contributed by atoms with Crippen molar-refractivity contribution in [2.75, 3.05) is 13.7 Å². The summed E-state index contributed by atoms with van der Waals surface area (Å²) >= 11 is 0. The number of nitrogens with one attached hydrogen (secondary N) is 1. The number of ether oxygens (including phenoxy) is 1. The lowest BCUT2D eigenvalue weighted by Gasteiger charge is -2.13. The topological polar surface area (TPSA) is 64.3 Å². The van der Waals surface area contributed by atoms with E-state index in [1.165, 1.54) is 0 Å². The van der Waals surface area contributed by atoms with Gasteiger partial charge in [-0.25, -0.2) is 0 Å². The predicted molar refractivity (Wildman–Crippen MR) is 72.1 cm³/mol. The van der Waals surface area contributed by atoms with Gasteiger partial charge in [0.25, 0.3) is 0 Å². The molecule has 0 aromatic heterocycles. The summed E-state index contributed by atoms with van der Waals surface area (Å²) in [5.41, 5.74) is 7.09. The molecule has 4 heteroatoms. The number of hydrogen-bond donors (Lipinski definition) is 2. The highest BCUT2D eigenvalue weighted by Crippen LogP contribution is 2.14. The molecule has 0 saturated carbocycles. The van der Waals surface area contributed by atoms with Gasteiger partial charge in [-0.2, -0.15) is 0 Å². The Hall–Kier alpha value is -1.39. The van der Waals surface area contributed by atoms with Gasteiger partial charge in [0.15, 0.2) is 0 Å². The molecule has 0 fully saturated rings. The molecule has 1 aromatic rings. The zero-order chi connectivity index (χ0) is 13.4. The number of carbonyl (C=O) groups is 1. The van der Waals surface area contributed by atoms with E-state index in [4.69, 9.17) is 10.5 Å². The number of hydrogen-bond acceptors (Lipinski definition) is 3. The molecule has 2 atom stereocenters. The van der Waals surface area contributed by atoms with E-state index in [0.717, 1.165) is 5.56 Å². The zero-order valence-corrected chi connectivity index (χ0v) is 11.1. The second-order valence-corrected chi connectivity index (χ2v) is 4.41. The highest BCUT2D eigenvalue weighted by molar-refractivity contribution is 5.75. The Labute approximate surface area is 109 Å². The Morgan fingerprint density at radius 1 is 1.39 bits per heavy atom. The average molecular weight is 250 g/mol. The summed E-state index contributed by atoms with van der Waals surface area (Å²) in [6, 6.07) is 9.74. The summed E-state index contributed by atoms with van der Waals surface area (Å²) in [5.74, 6) is 0.0188. The van der Waals surface area contributed by atoms with Crippen LogP contribution in [-0.4, -0.2) is 25.7 Å². The lowest BCUT2D eigenvalue weighted by molar-refractivity contribution is -0.121. The van der Waals surface area contributed by atoms with Crippen molar-refractivity contribution in [3.8, 4) is 0 Å². The highest BCUT2D eigenvalue weighted by atomic mass is 16.5. The van der Waals surface area contributed by atoms with Crippen LogP contribution in [0.4, 0.5) is 0 Å². The Bertz CT molecular complexity index is 354. The van der Waals surface area contributed by atoms with Crippen LogP contribution in [0.25, 0.3) is 0 Å². The van der Waals surface area contributed by atoms with Crippen LogP contribution >= 0.6 is 0 Å². The number of amides is 1. The molecule has 2 unspecified atom stereocenters. The first-order valence-electron chi connectivity index (χ1n) is 6.23. The van der Waals surface area contributed by atoms with Crippen LogP contribution in [0.1, 0.15) is 31.4 Å². The monoisotopic (exact) mass is 250 g/mol. The third kappa shape index (κ3) is 5.29. The molecule has 0 saturated heterocycles. The van der Waals surface area contributed by atoms with Crippen LogP contribution in [0.3, 0.4) is 0 Å². The fourth-order valence-electron chi connectivity index (χ4n) is 1.58. The maximum atomic E-state index is 11.6. The molecular formula is C14H22N2O2. The summed E-state index contributed by atoms with van der Waals surface area (Å²) in [6.45, 7) is 2.45. The Morgan fingerprint density at radius 3 is 2.67 bits per heavy atom. The van der Waals surface area contributed by atoms with Crippen LogP contribution < -0.4 is 11.1 Å². The van der Waals surface area contributed by atoms with E-state index in [9.17, 15) is 4.79 Å². The minimum absolute atomic E-state index is 0.0188. The van der Waals surface area contributed by atoms with Crippen molar-refractivity contribution in [3.05, 3.63) is 35.9 Å². The van der Waals surface area contributed by atoms with E-state index in [1.54, 1.807) is 7.11 Å². The van der Waals surface area contributed by atoms with E-state index in [2.05, 4.69) is 5.32 Å². The SMILES string of the molecule is COC(C)CNC(=O)CCC(N)c1ccccc1. The molecule has 1 aromatic carbocycles. The molecule has 0 aliphatic carbocycles. The van der Waals surface area contributed by atoms with Crippen molar-refractivity contribution >= 4 is 5.91 Å². The standard InChI is InChI=1S/C14H22N2O2/c1-11(18-2)10-16-14(17)9-8-13(15)12-6-4-3-5-7-12/h3-7,11,13H,8-10,15H2,1-2H3,(H,16,17). The second kappa shape index (κ2) is 7.84. The normalized spacial score (nSPS) is 13.9.